The predicted molar refractivity (Wildman–Crippen MR) is 73.2 cm³/mol. The van der Waals surface area contributed by atoms with Crippen LogP contribution >= 0.6 is 0 Å². The van der Waals surface area contributed by atoms with Crippen molar-refractivity contribution in [1.29, 1.82) is 0 Å². The van der Waals surface area contributed by atoms with Gasteiger partial charge in [-0.25, -0.2) is 4.98 Å². The van der Waals surface area contributed by atoms with Crippen molar-refractivity contribution in [3.63, 3.8) is 0 Å². The second-order valence-corrected chi connectivity index (χ2v) is 3.96. The summed E-state index contributed by atoms with van der Waals surface area (Å²) in [5.74, 6) is 1.54. The van der Waals surface area contributed by atoms with Gasteiger partial charge in [0, 0.05) is 25.5 Å². The molecule has 0 spiro atoms. The van der Waals surface area contributed by atoms with Gasteiger partial charge in [-0.2, -0.15) is 0 Å². The highest BCUT2D eigenvalue weighted by molar-refractivity contribution is 5.64. The Kier molecular flexibility index (Phi) is 3.79. The fourth-order valence-electron chi connectivity index (χ4n) is 1.77. The molecule has 2 rings (SSSR count). The van der Waals surface area contributed by atoms with E-state index in [0.717, 1.165) is 22.8 Å². The fraction of sp³-hybridized carbons (Fsp3) is 0.214. The Balaban J connectivity index is 2.31. The molecule has 0 unspecified atom stereocenters. The van der Waals surface area contributed by atoms with Crippen LogP contribution in [0.25, 0.3) is 0 Å². The molecule has 2 N–H and O–H groups in total. The summed E-state index contributed by atoms with van der Waals surface area (Å²) in [4.78, 5) is 6.33. The Bertz CT molecular complexity index is 511. The average Bonchev–Trinajstić information content (AvgIpc) is 2.46. The van der Waals surface area contributed by atoms with E-state index in [2.05, 4.69) is 4.98 Å². The predicted octanol–water partition coefficient (Wildman–Crippen LogP) is 2.32. The first-order chi connectivity index (χ1) is 8.76. The zero-order chi connectivity index (χ0) is 13.0. The molecule has 0 aliphatic rings. The van der Waals surface area contributed by atoms with Crippen LogP contribution in [-0.4, -0.2) is 19.1 Å². The molecular formula is C14H17N3O. The first-order valence-corrected chi connectivity index (χ1v) is 5.78. The zero-order valence-electron chi connectivity index (χ0n) is 10.6. The molecule has 4 nitrogen and oxygen atoms in total. The number of ether oxygens (including phenoxy) is 1. The van der Waals surface area contributed by atoms with E-state index in [1.54, 1.807) is 13.3 Å². The number of hydrogen-bond acceptors (Lipinski definition) is 4. The summed E-state index contributed by atoms with van der Waals surface area (Å²) >= 11 is 0. The molecule has 0 saturated heterocycles. The van der Waals surface area contributed by atoms with E-state index in [0.29, 0.717) is 6.54 Å². The summed E-state index contributed by atoms with van der Waals surface area (Å²) < 4.78 is 5.31. The van der Waals surface area contributed by atoms with E-state index < -0.39 is 0 Å². The van der Waals surface area contributed by atoms with Crippen molar-refractivity contribution in [1.82, 2.24) is 4.98 Å². The van der Waals surface area contributed by atoms with Crippen molar-refractivity contribution in [2.24, 2.45) is 5.73 Å². The van der Waals surface area contributed by atoms with Crippen LogP contribution in [0.1, 0.15) is 5.56 Å². The Hall–Kier alpha value is -2.07. The van der Waals surface area contributed by atoms with Crippen LogP contribution in [0.5, 0.6) is 5.75 Å². The Morgan fingerprint density at radius 2 is 1.94 bits per heavy atom. The van der Waals surface area contributed by atoms with Crippen LogP contribution in [0.4, 0.5) is 11.5 Å². The maximum atomic E-state index is 5.59. The van der Waals surface area contributed by atoms with E-state index in [-0.39, 0.29) is 0 Å². The number of hydrogen-bond donors (Lipinski definition) is 1. The van der Waals surface area contributed by atoms with Gasteiger partial charge in [-0.1, -0.05) is 12.1 Å². The molecule has 0 saturated carbocycles. The van der Waals surface area contributed by atoms with Gasteiger partial charge in [0.1, 0.15) is 0 Å². The molecule has 0 atom stereocenters. The number of anilines is 2. The van der Waals surface area contributed by atoms with Crippen molar-refractivity contribution in [2.45, 2.75) is 6.54 Å². The molecule has 18 heavy (non-hydrogen) atoms. The molecule has 0 aliphatic heterocycles. The first kappa shape index (κ1) is 12.4. The van der Waals surface area contributed by atoms with Gasteiger partial charge in [-0.05, 0) is 29.8 Å². The van der Waals surface area contributed by atoms with Crippen LogP contribution in [0, 0.1) is 0 Å². The van der Waals surface area contributed by atoms with Crippen molar-refractivity contribution < 1.29 is 4.74 Å². The van der Waals surface area contributed by atoms with Crippen LogP contribution in [0.2, 0.25) is 0 Å². The minimum atomic E-state index is 0.552. The van der Waals surface area contributed by atoms with Crippen molar-refractivity contribution in [3.8, 4) is 5.75 Å². The van der Waals surface area contributed by atoms with Crippen LogP contribution < -0.4 is 15.4 Å². The quantitative estimate of drug-likeness (QED) is 0.895. The van der Waals surface area contributed by atoms with Crippen LogP contribution in [0.15, 0.2) is 42.6 Å². The second kappa shape index (κ2) is 5.51. The van der Waals surface area contributed by atoms with Gasteiger partial charge in [0.15, 0.2) is 11.6 Å². The van der Waals surface area contributed by atoms with E-state index in [1.807, 2.05) is 48.3 Å². The summed E-state index contributed by atoms with van der Waals surface area (Å²) in [5, 5.41) is 0. The number of benzene rings is 1. The lowest BCUT2D eigenvalue weighted by atomic mass is 10.2. The standard InChI is InChI=1S/C14H17N3O/c1-17(12-7-5-11(10-15)6-8-12)14-13(18-2)4-3-9-16-14/h3-9H,10,15H2,1-2H3. The van der Waals surface area contributed by atoms with Gasteiger partial charge in [-0.15, -0.1) is 0 Å². The third kappa shape index (κ3) is 2.43. The van der Waals surface area contributed by atoms with Crippen molar-refractivity contribution in [3.05, 3.63) is 48.2 Å². The first-order valence-electron chi connectivity index (χ1n) is 5.78. The highest BCUT2D eigenvalue weighted by Crippen LogP contribution is 2.29. The normalized spacial score (nSPS) is 10.2. The molecule has 1 heterocycles. The second-order valence-electron chi connectivity index (χ2n) is 3.96. The number of nitrogens with two attached hydrogens (primary N) is 1. The van der Waals surface area contributed by atoms with Crippen LogP contribution in [0.3, 0.4) is 0 Å². The monoisotopic (exact) mass is 243 g/mol. The molecule has 0 bridgehead atoms. The van der Waals surface area contributed by atoms with Gasteiger partial charge in [-0.3, -0.25) is 0 Å². The molecule has 0 aliphatic carbocycles. The SMILES string of the molecule is COc1cccnc1N(C)c1ccc(CN)cc1. The summed E-state index contributed by atoms with van der Waals surface area (Å²) in [6.45, 7) is 0.552. The number of aromatic nitrogens is 1. The topological polar surface area (TPSA) is 51.4 Å². The Morgan fingerprint density at radius 3 is 2.56 bits per heavy atom. The van der Waals surface area contributed by atoms with Gasteiger partial charge < -0.3 is 15.4 Å². The minimum Gasteiger partial charge on any atom is -0.493 e. The van der Waals surface area contributed by atoms with E-state index in [4.69, 9.17) is 10.5 Å². The minimum absolute atomic E-state index is 0.552. The highest BCUT2D eigenvalue weighted by Gasteiger charge is 2.10. The molecule has 1 aromatic carbocycles. The summed E-state index contributed by atoms with van der Waals surface area (Å²) in [6.07, 6.45) is 1.75. The third-order valence-electron chi connectivity index (χ3n) is 2.85. The number of nitrogens with zero attached hydrogens (tertiary/aromatic N) is 2. The zero-order valence-corrected chi connectivity index (χ0v) is 10.6. The van der Waals surface area contributed by atoms with Crippen LogP contribution in [-0.2, 0) is 6.54 Å². The number of methoxy groups -OCH3 is 1. The molecule has 94 valence electrons. The summed E-state index contributed by atoms with van der Waals surface area (Å²) in [5.41, 5.74) is 7.74. The third-order valence-corrected chi connectivity index (χ3v) is 2.85. The van der Waals surface area contributed by atoms with E-state index >= 15 is 0 Å². The molecule has 0 amide bonds. The van der Waals surface area contributed by atoms with Gasteiger partial charge >= 0.3 is 0 Å². The molecule has 2 aromatic rings. The fourth-order valence-corrected chi connectivity index (χ4v) is 1.77. The summed E-state index contributed by atoms with van der Waals surface area (Å²) in [7, 11) is 3.61. The smallest absolute Gasteiger partial charge is 0.175 e. The van der Waals surface area contributed by atoms with E-state index in [1.165, 1.54) is 0 Å². The van der Waals surface area contributed by atoms with Crippen molar-refractivity contribution in [2.75, 3.05) is 19.1 Å². The lowest BCUT2D eigenvalue weighted by Gasteiger charge is -2.20. The maximum Gasteiger partial charge on any atom is 0.175 e. The van der Waals surface area contributed by atoms with Gasteiger partial charge in [0.25, 0.3) is 0 Å². The number of pyridine rings is 1. The van der Waals surface area contributed by atoms with Crippen molar-refractivity contribution >= 4 is 11.5 Å². The molecule has 1 aromatic heterocycles. The molecule has 0 fully saturated rings. The van der Waals surface area contributed by atoms with E-state index in [9.17, 15) is 0 Å². The number of rotatable bonds is 4. The lowest BCUT2D eigenvalue weighted by Crippen LogP contribution is -2.12. The maximum absolute atomic E-state index is 5.59. The summed E-state index contributed by atoms with van der Waals surface area (Å²) in [6, 6.07) is 11.8. The van der Waals surface area contributed by atoms with Gasteiger partial charge in [0.2, 0.25) is 0 Å². The molecular weight excluding hydrogens is 226 g/mol. The van der Waals surface area contributed by atoms with Gasteiger partial charge in [0.05, 0.1) is 7.11 Å². The Morgan fingerprint density at radius 1 is 1.22 bits per heavy atom. The molecule has 0 radical (unpaired) electrons. The largest absolute Gasteiger partial charge is 0.493 e. The average molecular weight is 243 g/mol. The Labute approximate surface area is 107 Å². The lowest BCUT2D eigenvalue weighted by molar-refractivity contribution is 0.414. The highest BCUT2D eigenvalue weighted by atomic mass is 16.5. The molecule has 4 heteroatoms.